The Morgan fingerprint density at radius 1 is 1.08 bits per heavy atom. The number of halogens is 5. The molecule has 190 valence electrons. The van der Waals surface area contributed by atoms with Crippen LogP contribution in [0.4, 0.5) is 33.3 Å². The number of carbonyl (C=O) groups excluding carboxylic acids is 1. The number of amides is 1. The predicted octanol–water partition coefficient (Wildman–Crippen LogP) is 4.59. The van der Waals surface area contributed by atoms with E-state index in [2.05, 4.69) is 15.0 Å². The molecule has 8 nitrogen and oxygen atoms in total. The first-order chi connectivity index (χ1) is 17.5. The molecule has 0 unspecified atom stereocenters. The highest BCUT2D eigenvalue weighted by molar-refractivity contribution is 5.99. The lowest BCUT2D eigenvalue weighted by molar-refractivity contribution is -0.137. The van der Waals surface area contributed by atoms with E-state index in [0.717, 1.165) is 22.8 Å². The molecule has 0 bridgehead atoms. The Kier molecular flexibility index (Phi) is 5.69. The first kappa shape index (κ1) is 24.0. The van der Waals surface area contributed by atoms with Crippen LogP contribution in [0.2, 0.25) is 0 Å². The Hall–Kier alpha value is -4.68. The molecular weight excluding hydrogens is 503 g/mol. The number of nitrogens with zero attached hydrogens (tertiary/aromatic N) is 2. The Balaban J connectivity index is 1.78. The highest BCUT2D eigenvalue weighted by atomic mass is 19.4. The Morgan fingerprint density at radius 2 is 1.81 bits per heavy atom. The molecule has 0 fully saturated rings. The summed E-state index contributed by atoms with van der Waals surface area (Å²) in [7, 11) is 0. The van der Waals surface area contributed by atoms with Crippen molar-refractivity contribution in [1.29, 1.82) is 0 Å². The van der Waals surface area contributed by atoms with E-state index < -0.39 is 29.8 Å². The van der Waals surface area contributed by atoms with E-state index in [1.54, 1.807) is 0 Å². The number of nitrogen functional groups attached to an aromatic ring is 1. The average molecular weight is 518 g/mol. The second kappa shape index (κ2) is 8.76. The van der Waals surface area contributed by atoms with Gasteiger partial charge in [0.25, 0.3) is 11.5 Å². The Bertz CT molecular complexity index is 1600. The van der Waals surface area contributed by atoms with Crippen LogP contribution in [0, 0.1) is 0 Å². The van der Waals surface area contributed by atoms with Gasteiger partial charge in [-0.25, -0.2) is 0 Å². The van der Waals surface area contributed by atoms with Crippen molar-refractivity contribution in [3.05, 3.63) is 70.6 Å². The van der Waals surface area contributed by atoms with Crippen molar-refractivity contribution in [3.63, 3.8) is 0 Å². The van der Waals surface area contributed by atoms with E-state index in [4.69, 9.17) is 10.5 Å². The standard InChI is InChI=1S/C24H15F5N4O4/c25-23(26)37-14-4-2-13(3-5-14)33-16-8-12(24(27,28)29)9-31-21(16)20(30)19(22(33)35)11-1-6-17-15(7-11)32-18(34)10-36-17/h1-9,23H,10,30H2,(H,32,34). The van der Waals surface area contributed by atoms with Gasteiger partial charge in [0.05, 0.1) is 28.0 Å². The zero-order valence-corrected chi connectivity index (χ0v) is 18.5. The average Bonchev–Trinajstić information content (AvgIpc) is 2.83. The van der Waals surface area contributed by atoms with Crippen molar-refractivity contribution < 1.29 is 36.2 Å². The van der Waals surface area contributed by atoms with Crippen LogP contribution in [0.3, 0.4) is 0 Å². The number of nitrogens with one attached hydrogen (secondary N) is 1. The summed E-state index contributed by atoms with van der Waals surface area (Å²) in [5.74, 6) is -0.280. The largest absolute Gasteiger partial charge is 0.482 e. The number of benzene rings is 2. The maximum atomic E-state index is 13.8. The molecule has 0 aliphatic carbocycles. The summed E-state index contributed by atoms with van der Waals surface area (Å²) < 4.78 is 76.1. The van der Waals surface area contributed by atoms with Gasteiger partial charge in [-0.05, 0) is 48.0 Å². The molecule has 0 radical (unpaired) electrons. The SMILES string of the molecule is Nc1c(-c2ccc3c(c2)NC(=O)CO3)c(=O)n(-c2ccc(OC(F)F)cc2)c2cc(C(F)(F)F)cnc12. The topological polar surface area (TPSA) is 108 Å². The van der Waals surface area contributed by atoms with E-state index in [-0.39, 0.29) is 51.6 Å². The minimum absolute atomic E-state index is 0.0496. The first-order valence-electron chi connectivity index (χ1n) is 10.6. The number of ether oxygens (including phenoxy) is 2. The van der Waals surface area contributed by atoms with Crippen LogP contribution in [-0.2, 0) is 11.0 Å². The van der Waals surface area contributed by atoms with Gasteiger partial charge in [-0.1, -0.05) is 6.07 Å². The Morgan fingerprint density at radius 3 is 2.49 bits per heavy atom. The van der Waals surface area contributed by atoms with Gasteiger partial charge in [0.15, 0.2) is 6.61 Å². The molecular formula is C24H15F5N4O4. The number of aromatic nitrogens is 2. The number of fused-ring (bicyclic) bond motifs is 2. The highest BCUT2D eigenvalue weighted by Gasteiger charge is 2.32. The summed E-state index contributed by atoms with van der Waals surface area (Å²) in [5.41, 5.74) is 4.25. The van der Waals surface area contributed by atoms with Crippen LogP contribution in [0.1, 0.15) is 5.56 Å². The normalized spacial score (nSPS) is 13.3. The summed E-state index contributed by atoms with van der Waals surface area (Å²) in [6.07, 6.45) is -4.17. The quantitative estimate of drug-likeness (QED) is 0.383. The minimum atomic E-state index is -4.76. The Labute approximate surface area is 204 Å². The number of nitrogens with two attached hydrogens (primary N) is 1. The number of anilines is 2. The van der Waals surface area contributed by atoms with E-state index in [1.807, 2.05) is 0 Å². The lowest BCUT2D eigenvalue weighted by Gasteiger charge is -2.20. The second-order valence-electron chi connectivity index (χ2n) is 7.94. The predicted molar refractivity (Wildman–Crippen MR) is 123 cm³/mol. The monoisotopic (exact) mass is 518 g/mol. The van der Waals surface area contributed by atoms with Gasteiger partial charge in [0, 0.05) is 11.9 Å². The number of rotatable bonds is 4. The molecule has 0 saturated heterocycles. The van der Waals surface area contributed by atoms with Gasteiger partial charge < -0.3 is 20.5 Å². The number of hydrogen-bond donors (Lipinski definition) is 2. The van der Waals surface area contributed by atoms with Crippen molar-refractivity contribution >= 4 is 28.3 Å². The van der Waals surface area contributed by atoms with Crippen LogP contribution in [0.5, 0.6) is 11.5 Å². The van der Waals surface area contributed by atoms with E-state index in [9.17, 15) is 31.5 Å². The molecule has 37 heavy (non-hydrogen) atoms. The molecule has 13 heteroatoms. The third kappa shape index (κ3) is 4.39. The number of pyridine rings is 2. The number of alkyl halides is 5. The maximum Gasteiger partial charge on any atom is 0.417 e. The van der Waals surface area contributed by atoms with Gasteiger partial charge >= 0.3 is 12.8 Å². The third-order valence-electron chi connectivity index (χ3n) is 5.60. The van der Waals surface area contributed by atoms with E-state index in [0.29, 0.717) is 11.9 Å². The molecule has 3 N–H and O–H groups in total. The zero-order chi connectivity index (χ0) is 26.5. The van der Waals surface area contributed by atoms with Gasteiger partial charge in [0.2, 0.25) is 0 Å². The fourth-order valence-electron chi connectivity index (χ4n) is 3.99. The number of carbonyl (C=O) groups is 1. The molecule has 1 aliphatic heterocycles. The fourth-order valence-corrected chi connectivity index (χ4v) is 3.99. The van der Waals surface area contributed by atoms with Crippen molar-refractivity contribution in [2.45, 2.75) is 12.8 Å². The molecule has 2 aromatic carbocycles. The molecule has 0 saturated carbocycles. The molecule has 0 atom stereocenters. The molecule has 1 aliphatic rings. The lowest BCUT2D eigenvalue weighted by Crippen LogP contribution is -2.26. The van der Waals surface area contributed by atoms with Crippen LogP contribution in [0.15, 0.2) is 59.5 Å². The van der Waals surface area contributed by atoms with E-state index >= 15 is 0 Å². The summed E-state index contributed by atoms with van der Waals surface area (Å²) >= 11 is 0. The molecule has 0 spiro atoms. The van der Waals surface area contributed by atoms with Crippen molar-refractivity contribution in [2.75, 3.05) is 17.7 Å². The minimum Gasteiger partial charge on any atom is -0.482 e. The van der Waals surface area contributed by atoms with Crippen molar-refractivity contribution in [3.8, 4) is 28.3 Å². The zero-order valence-electron chi connectivity index (χ0n) is 18.5. The molecule has 5 rings (SSSR count). The third-order valence-corrected chi connectivity index (χ3v) is 5.60. The molecule has 1 amide bonds. The fraction of sp³-hybridized carbons (Fsp3) is 0.125. The smallest absolute Gasteiger partial charge is 0.417 e. The summed E-state index contributed by atoms with van der Waals surface area (Å²) in [5, 5.41) is 2.61. The molecule has 4 aromatic rings. The van der Waals surface area contributed by atoms with Crippen LogP contribution >= 0.6 is 0 Å². The van der Waals surface area contributed by atoms with Gasteiger partial charge in [-0.15, -0.1) is 0 Å². The number of hydrogen-bond acceptors (Lipinski definition) is 6. The van der Waals surface area contributed by atoms with Crippen LogP contribution < -0.4 is 26.1 Å². The first-order valence-corrected chi connectivity index (χ1v) is 10.6. The maximum absolute atomic E-state index is 13.8. The summed E-state index contributed by atoms with van der Waals surface area (Å²) in [6, 6.07) is 9.94. The highest BCUT2D eigenvalue weighted by Crippen LogP contribution is 2.37. The van der Waals surface area contributed by atoms with Crippen LogP contribution in [0.25, 0.3) is 27.8 Å². The van der Waals surface area contributed by atoms with E-state index in [1.165, 1.54) is 30.3 Å². The summed E-state index contributed by atoms with van der Waals surface area (Å²) in [6.45, 7) is -3.28. The molecule has 3 heterocycles. The summed E-state index contributed by atoms with van der Waals surface area (Å²) in [4.78, 5) is 29.4. The lowest BCUT2D eigenvalue weighted by atomic mass is 10.0. The van der Waals surface area contributed by atoms with Gasteiger partial charge in [-0.3, -0.25) is 19.1 Å². The van der Waals surface area contributed by atoms with Gasteiger partial charge in [0.1, 0.15) is 17.0 Å². The van der Waals surface area contributed by atoms with Crippen molar-refractivity contribution in [1.82, 2.24) is 9.55 Å². The van der Waals surface area contributed by atoms with Crippen molar-refractivity contribution in [2.24, 2.45) is 0 Å². The van der Waals surface area contributed by atoms with Crippen LogP contribution in [-0.4, -0.2) is 28.7 Å². The molecule has 2 aromatic heterocycles. The second-order valence-corrected chi connectivity index (χ2v) is 7.94. The van der Waals surface area contributed by atoms with Gasteiger partial charge in [-0.2, -0.15) is 22.0 Å².